The van der Waals surface area contributed by atoms with E-state index in [1.165, 1.54) is 23.3 Å². The van der Waals surface area contributed by atoms with Crippen LogP contribution >= 0.6 is 0 Å². The van der Waals surface area contributed by atoms with Gasteiger partial charge in [0.15, 0.2) is 0 Å². The van der Waals surface area contributed by atoms with Crippen LogP contribution in [0.5, 0.6) is 0 Å². The van der Waals surface area contributed by atoms with Crippen molar-refractivity contribution in [3.05, 3.63) is 65.5 Å². The molecule has 3 heterocycles. The van der Waals surface area contributed by atoms with E-state index in [1.807, 2.05) is 29.1 Å². The van der Waals surface area contributed by atoms with Crippen molar-refractivity contribution in [1.82, 2.24) is 19.6 Å². The molecule has 32 heavy (non-hydrogen) atoms. The third kappa shape index (κ3) is 5.05. The number of benzene rings is 1. The smallest absolute Gasteiger partial charge is 0.137 e. The van der Waals surface area contributed by atoms with Crippen LogP contribution in [0.2, 0.25) is 0 Å². The van der Waals surface area contributed by atoms with Gasteiger partial charge in [0.1, 0.15) is 11.6 Å². The summed E-state index contributed by atoms with van der Waals surface area (Å²) in [5, 5.41) is 5.03. The molecule has 1 aliphatic rings. The number of rotatable bonds is 9. The van der Waals surface area contributed by atoms with Gasteiger partial charge in [-0.05, 0) is 56.8 Å². The van der Waals surface area contributed by atoms with Crippen molar-refractivity contribution in [2.75, 3.05) is 44.7 Å². The molecule has 1 saturated heterocycles. The van der Waals surface area contributed by atoms with Crippen molar-refractivity contribution < 1.29 is 8.81 Å². The van der Waals surface area contributed by atoms with Crippen molar-refractivity contribution in [3.8, 4) is 5.69 Å². The molecule has 0 spiro atoms. The summed E-state index contributed by atoms with van der Waals surface area (Å²) in [5.41, 5.74) is 4.47. The van der Waals surface area contributed by atoms with Gasteiger partial charge in [-0.15, -0.1) is 0 Å². The highest BCUT2D eigenvalue weighted by Gasteiger charge is 2.26. The molecule has 2 aromatic heterocycles. The maximum absolute atomic E-state index is 13.6. The second-order valence-electron chi connectivity index (χ2n) is 8.62. The van der Waals surface area contributed by atoms with Gasteiger partial charge < -0.3 is 14.2 Å². The van der Waals surface area contributed by atoms with E-state index < -0.39 is 0 Å². The average molecular weight is 440 g/mol. The highest BCUT2D eigenvalue weighted by molar-refractivity contribution is 5.56. The Morgan fingerprint density at radius 3 is 2.41 bits per heavy atom. The fourth-order valence-corrected chi connectivity index (χ4v) is 4.43. The van der Waals surface area contributed by atoms with Crippen LogP contribution in [0.4, 0.5) is 10.2 Å². The molecule has 7 heteroatoms. The molecule has 1 aromatic carbocycles. The highest BCUT2D eigenvalue weighted by Crippen LogP contribution is 2.31. The molecule has 0 aliphatic carbocycles. The van der Waals surface area contributed by atoms with Crippen LogP contribution in [0.3, 0.4) is 0 Å². The summed E-state index contributed by atoms with van der Waals surface area (Å²) in [4.78, 5) is 7.28. The average Bonchev–Trinajstić information content (AvgIpc) is 3.43. The van der Waals surface area contributed by atoms with E-state index in [2.05, 4.69) is 35.6 Å². The number of hydrogen-bond acceptors (Lipinski definition) is 5. The van der Waals surface area contributed by atoms with E-state index in [0.29, 0.717) is 0 Å². The van der Waals surface area contributed by atoms with Gasteiger partial charge in [0.25, 0.3) is 0 Å². The molecule has 0 bridgehead atoms. The van der Waals surface area contributed by atoms with E-state index in [9.17, 15) is 4.39 Å². The van der Waals surface area contributed by atoms with Crippen molar-refractivity contribution in [1.29, 1.82) is 0 Å². The Labute approximate surface area is 190 Å². The number of furan rings is 1. The van der Waals surface area contributed by atoms with E-state index in [1.54, 1.807) is 6.26 Å². The van der Waals surface area contributed by atoms with Crippen LogP contribution in [0, 0.1) is 5.82 Å². The SMILES string of the molecule is CCCN(Cc1ccoc1)Cc1c(CC)nn(-c2ccc(F)cc2)c1N1CCN(C)CC1. The fourth-order valence-electron chi connectivity index (χ4n) is 4.43. The summed E-state index contributed by atoms with van der Waals surface area (Å²) in [6, 6.07) is 8.70. The lowest BCUT2D eigenvalue weighted by Crippen LogP contribution is -2.45. The summed E-state index contributed by atoms with van der Waals surface area (Å²) >= 11 is 0. The van der Waals surface area contributed by atoms with Crippen LogP contribution in [-0.2, 0) is 19.5 Å². The Hall–Kier alpha value is -2.64. The molecule has 1 fully saturated rings. The van der Waals surface area contributed by atoms with E-state index >= 15 is 0 Å². The number of likely N-dealkylation sites (N-methyl/N-ethyl adjacent to an activating group) is 1. The first-order valence-electron chi connectivity index (χ1n) is 11.6. The normalized spacial score (nSPS) is 15.1. The van der Waals surface area contributed by atoms with Gasteiger partial charge in [0.05, 0.1) is 23.9 Å². The molecule has 3 aromatic rings. The molecule has 0 unspecified atom stereocenters. The van der Waals surface area contributed by atoms with E-state index in [4.69, 9.17) is 9.52 Å². The van der Waals surface area contributed by atoms with Gasteiger partial charge in [-0.25, -0.2) is 9.07 Å². The van der Waals surface area contributed by atoms with Gasteiger partial charge in [0.2, 0.25) is 0 Å². The quantitative estimate of drug-likeness (QED) is 0.496. The van der Waals surface area contributed by atoms with Crippen LogP contribution in [0.15, 0.2) is 47.3 Å². The first-order chi connectivity index (χ1) is 15.6. The third-order valence-corrected chi connectivity index (χ3v) is 6.16. The molecule has 0 atom stereocenters. The van der Waals surface area contributed by atoms with Gasteiger partial charge in [-0.1, -0.05) is 13.8 Å². The monoisotopic (exact) mass is 439 g/mol. The minimum atomic E-state index is -0.229. The second-order valence-corrected chi connectivity index (χ2v) is 8.62. The Bertz CT molecular complexity index is 975. The van der Waals surface area contributed by atoms with Crippen molar-refractivity contribution in [3.63, 3.8) is 0 Å². The van der Waals surface area contributed by atoms with E-state index in [0.717, 1.165) is 75.9 Å². The van der Waals surface area contributed by atoms with Crippen molar-refractivity contribution >= 4 is 5.82 Å². The Morgan fingerprint density at radius 2 is 1.78 bits per heavy atom. The number of anilines is 1. The number of halogens is 1. The fraction of sp³-hybridized carbons (Fsp3) is 0.480. The predicted molar refractivity (Wildman–Crippen MR) is 126 cm³/mol. The Morgan fingerprint density at radius 1 is 1.03 bits per heavy atom. The Balaban J connectivity index is 1.74. The molecule has 0 N–H and O–H groups in total. The zero-order chi connectivity index (χ0) is 22.5. The standard InChI is InChI=1S/C25H34FN5O/c1-4-11-29(17-20-10-16-32-19-20)18-23-24(5-2)27-31(22-8-6-21(26)7-9-22)25(23)30-14-12-28(3)13-15-30/h6-10,16,19H,4-5,11-15,17-18H2,1-3H3. The summed E-state index contributed by atoms with van der Waals surface area (Å²) < 4.78 is 21.0. The summed E-state index contributed by atoms with van der Waals surface area (Å²) in [7, 11) is 2.17. The lowest BCUT2D eigenvalue weighted by atomic mass is 10.1. The number of aromatic nitrogens is 2. The van der Waals surface area contributed by atoms with Crippen LogP contribution < -0.4 is 4.90 Å². The second kappa shape index (κ2) is 10.3. The summed E-state index contributed by atoms with van der Waals surface area (Å²) in [6.45, 7) is 11.0. The minimum Gasteiger partial charge on any atom is -0.472 e. The largest absolute Gasteiger partial charge is 0.472 e. The lowest BCUT2D eigenvalue weighted by molar-refractivity contribution is 0.255. The zero-order valence-corrected chi connectivity index (χ0v) is 19.4. The number of aryl methyl sites for hydroxylation is 1. The predicted octanol–water partition coefficient (Wildman–Crippen LogP) is 4.33. The number of piperazine rings is 1. The lowest BCUT2D eigenvalue weighted by Gasteiger charge is -2.35. The topological polar surface area (TPSA) is 40.7 Å². The Kier molecular flexibility index (Phi) is 7.27. The summed E-state index contributed by atoms with van der Waals surface area (Å²) in [5.74, 6) is 0.919. The first kappa shape index (κ1) is 22.6. The molecule has 6 nitrogen and oxygen atoms in total. The molecule has 0 saturated carbocycles. The third-order valence-electron chi connectivity index (χ3n) is 6.16. The molecular weight excluding hydrogens is 405 g/mol. The molecule has 0 radical (unpaired) electrons. The molecular formula is C25H34FN5O. The van der Waals surface area contributed by atoms with Crippen LogP contribution in [-0.4, -0.2) is 59.4 Å². The van der Waals surface area contributed by atoms with Gasteiger partial charge in [-0.2, -0.15) is 5.10 Å². The first-order valence-corrected chi connectivity index (χ1v) is 11.6. The minimum absolute atomic E-state index is 0.229. The number of hydrogen-bond donors (Lipinski definition) is 0. The van der Waals surface area contributed by atoms with Gasteiger partial charge in [-0.3, -0.25) is 4.90 Å². The molecule has 0 amide bonds. The molecule has 172 valence electrons. The molecule has 4 rings (SSSR count). The highest BCUT2D eigenvalue weighted by atomic mass is 19.1. The zero-order valence-electron chi connectivity index (χ0n) is 19.4. The summed E-state index contributed by atoms with van der Waals surface area (Å²) in [6.07, 6.45) is 5.50. The van der Waals surface area contributed by atoms with Crippen LogP contribution in [0.25, 0.3) is 5.69 Å². The molecule has 1 aliphatic heterocycles. The van der Waals surface area contributed by atoms with Gasteiger partial charge in [0, 0.05) is 50.4 Å². The van der Waals surface area contributed by atoms with Crippen molar-refractivity contribution in [2.45, 2.75) is 39.8 Å². The van der Waals surface area contributed by atoms with Crippen molar-refractivity contribution in [2.24, 2.45) is 0 Å². The maximum Gasteiger partial charge on any atom is 0.137 e. The van der Waals surface area contributed by atoms with Crippen LogP contribution in [0.1, 0.15) is 37.1 Å². The van der Waals surface area contributed by atoms with Gasteiger partial charge >= 0.3 is 0 Å². The van der Waals surface area contributed by atoms with E-state index in [-0.39, 0.29) is 5.82 Å². The maximum atomic E-state index is 13.6. The number of nitrogens with zero attached hydrogens (tertiary/aromatic N) is 5.